The smallest absolute Gasteiger partial charge is 0.179 e. The van der Waals surface area contributed by atoms with Crippen LogP contribution in [0.1, 0.15) is 34.9 Å². The van der Waals surface area contributed by atoms with Crippen molar-refractivity contribution in [2.45, 2.75) is 33.2 Å². The molecule has 0 saturated heterocycles. The van der Waals surface area contributed by atoms with Crippen molar-refractivity contribution in [1.82, 2.24) is 9.78 Å². The molecule has 6 heteroatoms. The Kier molecular flexibility index (Phi) is 4.97. The van der Waals surface area contributed by atoms with Crippen molar-refractivity contribution in [3.05, 3.63) is 36.7 Å². The van der Waals surface area contributed by atoms with Crippen LogP contribution in [0.5, 0.6) is 0 Å². The van der Waals surface area contributed by atoms with Crippen LogP contribution in [-0.4, -0.2) is 15.6 Å². The third-order valence-corrected chi connectivity index (χ3v) is 5.69. The second-order valence-corrected chi connectivity index (χ2v) is 6.64. The zero-order chi connectivity index (χ0) is 14.0. The molecular formula is C13H14Br2N2OS. The van der Waals surface area contributed by atoms with Gasteiger partial charge in [-0.15, -0.1) is 11.3 Å². The minimum absolute atomic E-state index is 0.125. The van der Waals surface area contributed by atoms with E-state index in [9.17, 15) is 4.79 Å². The molecule has 0 atom stereocenters. The zero-order valence-corrected chi connectivity index (χ0v) is 14.7. The number of Topliss-reactive ketones (excluding diaryl/α,β-unsaturated/α-hetero) is 1. The Hall–Kier alpha value is -0.460. The molecule has 0 amide bonds. The Labute approximate surface area is 133 Å². The summed E-state index contributed by atoms with van der Waals surface area (Å²) < 4.78 is 3.75. The molecule has 2 rings (SSSR count). The molecule has 0 saturated carbocycles. The first kappa shape index (κ1) is 14.9. The first-order valence-corrected chi connectivity index (χ1v) is 8.55. The number of hydrogen-bond donors (Lipinski definition) is 0. The van der Waals surface area contributed by atoms with Crippen molar-refractivity contribution in [3.8, 4) is 0 Å². The van der Waals surface area contributed by atoms with E-state index in [0.29, 0.717) is 6.42 Å². The molecule has 19 heavy (non-hydrogen) atoms. The van der Waals surface area contributed by atoms with E-state index < -0.39 is 0 Å². The highest BCUT2D eigenvalue weighted by molar-refractivity contribution is 9.11. The summed E-state index contributed by atoms with van der Waals surface area (Å²) in [6, 6.07) is 1.90. The lowest BCUT2D eigenvalue weighted by Crippen LogP contribution is -2.09. The number of nitrogens with zero attached hydrogens (tertiary/aromatic N) is 2. The second kappa shape index (κ2) is 6.33. The minimum atomic E-state index is 0.125. The summed E-state index contributed by atoms with van der Waals surface area (Å²) in [5.41, 5.74) is 1.97. The highest BCUT2D eigenvalue weighted by Gasteiger charge is 2.19. The number of ketones is 1. The molecule has 0 bridgehead atoms. The van der Waals surface area contributed by atoms with Crippen LogP contribution in [0.15, 0.2) is 20.4 Å². The first-order chi connectivity index (χ1) is 9.08. The SMILES string of the molecule is CCc1nn(CC)c(CC(=O)c2sccc2Br)c1Br. The van der Waals surface area contributed by atoms with Crippen molar-refractivity contribution in [2.24, 2.45) is 0 Å². The standard InChI is InChI=1S/C13H14Br2N2OS/c1-3-9-12(15)10(17(4-2)16-9)7-11(18)13-8(14)5-6-19-13/h5-6H,3-4,7H2,1-2H3. The lowest BCUT2D eigenvalue weighted by molar-refractivity contribution is 0.0993. The van der Waals surface area contributed by atoms with Gasteiger partial charge in [0.2, 0.25) is 0 Å². The van der Waals surface area contributed by atoms with Gasteiger partial charge in [-0.25, -0.2) is 0 Å². The van der Waals surface area contributed by atoms with Crippen LogP contribution in [0.2, 0.25) is 0 Å². The van der Waals surface area contributed by atoms with E-state index in [2.05, 4.69) is 43.9 Å². The van der Waals surface area contributed by atoms with E-state index in [1.807, 2.05) is 23.1 Å². The summed E-state index contributed by atoms with van der Waals surface area (Å²) in [5, 5.41) is 6.43. The molecule has 2 aromatic rings. The van der Waals surface area contributed by atoms with Crippen LogP contribution in [-0.2, 0) is 19.4 Å². The molecule has 0 fully saturated rings. The first-order valence-electron chi connectivity index (χ1n) is 6.08. The Morgan fingerprint density at radius 1 is 1.42 bits per heavy atom. The largest absolute Gasteiger partial charge is 0.293 e. The third kappa shape index (κ3) is 3.01. The van der Waals surface area contributed by atoms with Gasteiger partial charge in [0.05, 0.1) is 27.2 Å². The van der Waals surface area contributed by atoms with Crippen LogP contribution < -0.4 is 0 Å². The Bertz CT molecular complexity index is 604. The summed E-state index contributed by atoms with van der Waals surface area (Å²) in [5.74, 6) is 0.125. The lowest BCUT2D eigenvalue weighted by atomic mass is 10.1. The number of aromatic nitrogens is 2. The van der Waals surface area contributed by atoms with Crippen molar-refractivity contribution in [3.63, 3.8) is 0 Å². The van der Waals surface area contributed by atoms with Gasteiger partial charge in [0.25, 0.3) is 0 Å². The molecule has 0 N–H and O–H groups in total. The topological polar surface area (TPSA) is 34.9 Å². The maximum Gasteiger partial charge on any atom is 0.179 e. The number of thiophene rings is 1. The molecule has 0 spiro atoms. The maximum atomic E-state index is 12.3. The van der Waals surface area contributed by atoms with E-state index in [1.165, 1.54) is 11.3 Å². The molecule has 0 aliphatic heterocycles. The molecule has 3 nitrogen and oxygen atoms in total. The average molecular weight is 406 g/mol. The molecular weight excluding hydrogens is 392 g/mol. The predicted octanol–water partition coefficient (Wildman–Crippen LogP) is 4.48. The van der Waals surface area contributed by atoms with Crippen LogP contribution in [0.3, 0.4) is 0 Å². The molecule has 102 valence electrons. The Morgan fingerprint density at radius 3 is 2.68 bits per heavy atom. The van der Waals surface area contributed by atoms with Crippen LogP contribution in [0.4, 0.5) is 0 Å². The second-order valence-electron chi connectivity index (χ2n) is 4.07. The maximum absolute atomic E-state index is 12.3. The number of rotatable bonds is 5. The van der Waals surface area contributed by atoms with Gasteiger partial charge in [-0.05, 0) is 56.7 Å². The molecule has 2 aromatic heterocycles. The van der Waals surface area contributed by atoms with Crippen LogP contribution in [0, 0.1) is 0 Å². The highest BCUT2D eigenvalue weighted by atomic mass is 79.9. The van der Waals surface area contributed by atoms with Gasteiger partial charge >= 0.3 is 0 Å². The fourth-order valence-corrected chi connectivity index (χ4v) is 4.15. The quantitative estimate of drug-likeness (QED) is 0.687. The zero-order valence-electron chi connectivity index (χ0n) is 10.7. The number of hydrogen-bond acceptors (Lipinski definition) is 3. The number of aryl methyl sites for hydroxylation is 2. The van der Waals surface area contributed by atoms with Crippen LogP contribution >= 0.6 is 43.2 Å². The third-order valence-electron chi connectivity index (χ3n) is 2.89. The molecule has 0 radical (unpaired) electrons. The van der Waals surface area contributed by atoms with Crippen molar-refractivity contribution in [1.29, 1.82) is 0 Å². The van der Waals surface area contributed by atoms with Gasteiger partial charge < -0.3 is 0 Å². The molecule has 2 heterocycles. The highest BCUT2D eigenvalue weighted by Crippen LogP contribution is 2.27. The summed E-state index contributed by atoms with van der Waals surface area (Å²) in [7, 11) is 0. The molecule has 0 aliphatic carbocycles. The van der Waals surface area contributed by atoms with E-state index >= 15 is 0 Å². The number of carbonyl (C=O) groups is 1. The summed E-state index contributed by atoms with van der Waals surface area (Å²) in [6.07, 6.45) is 1.23. The van der Waals surface area contributed by atoms with Gasteiger partial charge in [0, 0.05) is 11.0 Å². The van der Waals surface area contributed by atoms with Gasteiger partial charge in [-0.2, -0.15) is 5.10 Å². The number of halogens is 2. The molecule has 0 unspecified atom stereocenters. The van der Waals surface area contributed by atoms with Crippen molar-refractivity contribution in [2.75, 3.05) is 0 Å². The fourth-order valence-electron chi connectivity index (χ4n) is 1.91. The van der Waals surface area contributed by atoms with Gasteiger partial charge in [-0.1, -0.05) is 6.92 Å². The molecule has 0 aliphatic rings. The van der Waals surface area contributed by atoms with Gasteiger partial charge in [-0.3, -0.25) is 9.48 Å². The van der Waals surface area contributed by atoms with E-state index in [4.69, 9.17) is 0 Å². The van der Waals surface area contributed by atoms with E-state index in [1.54, 1.807) is 0 Å². The van der Waals surface area contributed by atoms with Crippen molar-refractivity contribution >= 4 is 49.0 Å². The number of carbonyl (C=O) groups excluding carboxylic acids is 1. The van der Waals surface area contributed by atoms with Gasteiger partial charge in [0.15, 0.2) is 5.78 Å². The average Bonchev–Trinajstić information content (AvgIpc) is 2.95. The summed E-state index contributed by atoms with van der Waals surface area (Å²) >= 11 is 8.45. The summed E-state index contributed by atoms with van der Waals surface area (Å²) in [6.45, 7) is 4.87. The van der Waals surface area contributed by atoms with Gasteiger partial charge in [0.1, 0.15) is 0 Å². The fraction of sp³-hybridized carbons (Fsp3) is 0.385. The molecule has 0 aromatic carbocycles. The summed E-state index contributed by atoms with van der Waals surface area (Å²) in [4.78, 5) is 13.1. The predicted molar refractivity (Wildman–Crippen MR) is 85.0 cm³/mol. The Morgan fingerprint density at radius 2 is 2.16 bits per heavy atom. The van der Waals surface area contributed by atoms with E-state index in [0.717, 1.165) is 38.2 Å². The lowest BCUT2D eigenvalue weighted by Gasteiger charge is -2.04. The minimum Gasteiger partial charge on any atom is -0.293 e. The van der Waals surface area contributed by atoms with E-state index in [-0.39, 0.29) is 5.78 Å². The van der Waals surface area contributed by atoms with Crippen LogP contribution in [0.25, 0.3) is 0 Å². The monoisotopic (exact) mass is 404 g/mol. The Balaban J connectivity index is 2.31. The van der Waals surface area contributed by atoms with Crippen molar-refractivity contribution < 1.29 is 4.79 Å². The normalized spacial score (nSPS) is 10.9.